The summed E-state index contributed by atoms with van der Waals surface area (Å²) in [4.78, 5) is 8.91. The minimum absolute atomic E-state index is 0.282. The van der Waals surface area contributed by atoms with Gasteiger partial charge >= 0.3 is 0 Å². The topological polar surface area (TPSA) is 94.8 Å². The highest BCUT2D eigenvalue weighted by atomic mass is 19.1. The van der Waals surface area contributed by atoms with Gasteiger partial charge in [-0.3, -0.25) is 0 Å². The molecule has 3 aromatic heterocycles. The molecule has 5 rings (SSSR count). The molecule has 0 amide bonds. The monoisotopic (exact) mass is 364 g/mol. The lowest BCUT2D eigenvalue weighted by Crippen LogP contribution is -2.15. The van der Waals surface area contributed by atoms with Gasteiger partial charge in [-0.2, -0.15) is 0 Å². The predicted molar refractivity (Wildman–Crippen MR) is 99.8 cm³/mol. The highest BCUT2D eigenvalue weighted by molar-refractivity contribution is 5.96. The Hall–Kier alpha value is -3.42. The SMILES string of the molecule is Nc1nc2c(c3c1ncn3Cc1cc(-c3ccc(F)cc3)no1)NCCC2. The fourth-order valence-electron chi connectivity index (χ4n) is 3.49. The molecule has 4 heterocycles. The van der Waals surface area contributed by atoms with Crippen molar-refractivity contribution in [2.75, 3.05) is 17.6 Å². The van der Waals surface area contributed by atoms with Gasteiger partial charge < -0.3 is 20.1 Å². The summed E-state index contributed by atoms with van der Waals surface area (Å²) in [6, 6.07) is 8.01. The molecule has 0 bridgehead atoms. The van der Waals surface area contributed by atoms with Crippen LogP contribution in [0.25, 0.3) is 22.3 Å². The molecule has 0 unspecified atom stereocenters. The highest BCUT2D eigenvalue weighted by Gasteiger charge is 2.20. The van der Waals surface area contributed by atoms with Gasteiger partial charge in [0.15, 0.2) is 11.6 Å². The lowest BCUT2D eigenvalue weighted by molar-refractivity contribution is 0.379. The Labute approximate surface area is 154 Å². The molecule has 7 nitrogen and oxygen atoms in total. The van der Waals surface area contributed by atoms with Crippen LogP contribution in [0.5, 0.6) is 0 Å². The number of halogens is 1. The average Bonchev–Trinajstić information content (AvgIpc) is 3.31. The van der Waals surface area contributed by atoms with Gasteiger partial charge in [-0.1, -0.05) is 5.16 Å². The lowest BCUT2D eigenvalue weighted by Gasteiger charge is -2.19. The molecule has 0 saturated heterocycles. The van der Waals surface area contributed by atoms with E-state index in [1.807, 2.05) is 10.6 Å². The van der Waals surface area contributed by atoms with Gasteiger partial charge in [-0.05, 0) is 37.1 Å². The quantitative estimate of drug-likeness (QED) is 0.580. The van der Waals surface area contributed by atoms with Gasteiger partial charge in [0.2, 0.25) is 0 Å². The summed E-state index contributed by atoms with van der Waals surface area (Å²) in [6.07, 6.45) is 3.66. The van der Waals surface area contributed by atoms with Crippen LogP contribution in [0, 0.1) is 5.82 Å². The molecule has 0 fully saturated rings. The third-order valence-electron chi connectivity index (χ3n) is 4.78. The van der Waals surface area contributed by atoms with Crippen LogP contribution < -0.4 is 11.1 Å². The predicted octanol–water partition coefficient (Wildman–Crippen LogP) is 3.21. The Morgan fingerprint density at radius 2 is 2.11 bits per heavy atom. The summed E-state index contributed by atoms with van der Waals surface area (Å²) in [6.45, 7) is 1.36. The molecular formula is C19H17FN6O. The summed E-state index contributed by atoms with van der Waals surface area (Å²) >= 11 is 0. The van der Waals surface area contributed by atoms with Crippen molar-refractivity contribution in [3.05, 3.63) is 53.9 Å². The summed E-state index contributed by atoms with van der Waals surface area (Å²) in [5.41, 5.74) is 11.1. The van der Waals surface area contributed by atoms with Crippen LogP contribution >= 0.6 is 0 Å². The molecule has 8 heteroatoms. The van der Waals surface area contributed by atoms with Crippen molar-refractivity contribution in [2.24, 2.45) is 0 Å². The van der Waals surface area contributed by atoms with Crippen LogP contribution in [0.4, 0.5) is 15.9 Å². The summed E-state index contributed by atoms with van der Waals surface area (Å²) in [7, 11) is 0. The summed E-state index contributed by atoms with van der Waals surface area (Å²) in [5.74, 6) is 0.833. The Balaban J connectivity index is 1.52. The first-order valence-corrected chi connectivity index (χ1v) is 8.77. The molecule has 136 valence electrons. The Morgan fingerprint density at radius 3 is 2.96 bits per heavy atom. The van der Waals surface area contributed by atoms with E-state index in [4.69, 9.17) is 10.3 Å². The number of nitrogens with zero attached hydrogens (tertiary/aromatic N) is 4. The number of pyridine rings is 1. The maximum Gasteiger partial charge on any atom is 0.157 e. The third kappa shape index (κ3) is 2.69. The molecule has 0 aliphatic carbocycles. The van der Waals surface area contributed by atoms with E-state index in [1.54, 1.807) is 18.5 Å². The van der Waals surface area contributed by atoms with Gasteiger partial charge in [-0.25, -0.2) is 14.4 Å². The first-order valence-electron chi connectivity index (χ1n) is 8.77. The van der Waals surface area contributed by atoms with Crippen molar-refractivity contribution in [1.29, 1.82) is 0 Å². The van der Waals surface area contributed by atoms with E-state index in [9.17, 15) is 4.39 Å². The van der Waals surface area contributed by atoms with Crippen molar-refractivity contribution < 1.29 is 8.91 Å². The van der Waals surface area contributed by atoms with E-state index < -0.39 is 0 Å². The lowest BCUT2D eigenvalue weighted by atomic mass is 10.1. The average molecular weight is 364 g/mol. The Morgan fingerprint density at radius 1 is 1.26 bits per heavy atom. The van der Waals surface area contributed by atoms with Gasteiger partial charge in [0, 0.05) is 18.2 Å². The number of nitrogens with two attached hydrogens (primary N) is 1. The van der Waals surface area contributed by atoms with Gasteiger partial charge in [-0.15, -0.1) is 0 Å². The van der Waals surface area contributed by atoms with Gasteiger partial charge in [0.05, 0.1) is 29.8 Å². The molecular weight excluding hydrogens is 347 g/mol. The standard InChI is InChI=1S/C19H17FN6O/c20-12-5-3-11(4-6-12)15-8-13(27-25-15)9-26-10-23-17-18(26)16-14(24-19(17)21)2-1-7-22-16/h3-6,8,10,22H,1-2,7,9H2,(H2,21,24). The number of hydrogen-bond donors (Lipinski definition) is 2. The number of rotatable bonds is 3. The zero-order chi connectivity index (χ0) is 18.4. The van der Waals surface area contributed by atoms with E-state index in [0.29, 0.717) is 29.3 Å². The molecule has 27 heavy (non-hydrogen) atoms. The number of nitrogens with one attached hydrogen (secondary N) is 1. The first-order chi connectivity index (χ1) is 13.2. The van der Waals surface area contributed by atoms with E-state index in [1.165, 1.54) is 12.1 Å². The molecule has 0 radical (unpaired) electrons. The number of hydrogen-bond acceptors (Lipinski definition) is 6. The second kappa shape index (κ2) is 6.08. The van der Waals surface area contributed by atoms with Crippen LogP contribution in [0.3, 0.4) is 0 Å². The number of aryl methyl sites for hydroxylation is 1. The number of anilines is 2. The highest BCUT2D eigenvalue weighted by Crippen LogP contribution is 2.32. The molecule has 1 aliphatic heterocycles. The zero-order valence-electron chi connectivity index (χ0n) is 14.4. The zero-order valence-corrected chi connectivity index (χ0v) is 14.4. The fraction of sp³-hybridized carbons (Fsp3) is 0.211. The maximum absolute atomic E-state index is 13.1. The second-order valence-electron chi connectivity index (χ2n) is 6.60. The molecule has 0 spiro atoms. The van der Waals surface area contributed by atoms with Crippen LogP contribution in [0.1, 0.15) is 17.9 Å². The normalized spacial score (nSPS) is 13.5. The molecule has 3 N–H and O–H groups in total. The largest absolute Gasteiger partial charge is 0.382 e. The maximum atomic E-state index is 13.1. The molecule has 1 aliphatic rings. The van der Waals surface area contributed by atoms with Crippen LogP contribution in [-0.4, -0.2) is 26.2 Å². The molecule has 1 aromatic carbocycles. The first kappa shape index (κ1) is 15.8. The Kier molecular flexibility index (Phi) is 3.56. The summed E-state index contributed by atoms with van der Waals surface area (Å²) < 4.78 is 20.6. The van der Waals surface area contributed by atoms with Gasteiger partial charge in [0.25, 0.3) is 0 Å². The molecule has 0 saturated carbocycles. The van der Waals surface area contributed by atoms with E-state index >= 15 is 0 Å². The number of benzene rings is 1. The van der Waals surface area contributed by atoms with Crippen LogP contribution in [0.2, 0.25) is 0 Å². The number of fused-ring (bicyclic) bond motifs is 3. The number of aromatic nitrogens is 4. The van der Waals surface area contributed by atoms with E-state index in [-0.39, 0.29) is 5.82 Å². The minimum atomic E-state index is -0.282. The fourth-order valence-corrected chi connectivity index (χ4v) is 3.49. The molecule has 4 aromatic rings. The number of nitrogen functional groups attached to an aromatic ring is 1. The van der Waals surface area contributed by atoms with Crippen molar-refractivity contribution in [3.63, 3.8) is 0 Å². The smallest absolute Gasteiger partial charge is 0.157 e. The second-order valence-corrected chi connectivity index (χ2v) is 6.60. The van der Waals surface area contributed by atoms with E-state index in [0.717, 1.165) is 41.8 Å². The van der Waals surface area contributed by atoms with Crippen LogP contribution in [-0.2, 0) is 13.0 Å². The van der Waals surface area contributed by atoms with Crippen molar-refractivity contribution in [3.8, 4) is 11.3 Å². The summed E-state index contributed by atoms with van der Waals surface area (Å²) in [5, 5.41) is 7.52. The van der Waals surface area contributed by atoms with Crippen molar-refractivity contribution in [1.82, 2.24) is 19.7 Å². The van der Waals surface area contributed by atoms with E-state index in [2.05, 4.69) is 20.4 Å². The third-order valence-corrected chi connectivity index (χ3v) is 4.78. The van der Waals surface area contributed by atoms with Crippen molar-refractivity contribution in [2.45, 2.75) is 19.4 Å². The molecule has 0 atom stereocenters. The van der Waals surface area contributed by atoms with Crippen LogP contribution in [0.15, 0.2) is 41.2 Å². The Bertz CT molecular complexity index is 1130. The minimum Gasteiger partial charge on any atom is -0.382 e. The number of imidazole rings is 1. The van der Waals surface area contributed by atoms with Gasteiger partial charge in [0.1, 0.15) is 17.0 Å². The van der Waals surface area contributed by atoms with Crippen molar-refractivity contribution >= 4 is 22.5 Å².